The third kappa shape index (κ3) is 3.54. The third-order valence-electron chi connectivity index (χ3n) is 3.12. The minimum absolute atomic E-state index is 0.0958. The molecular formula is C15H12ClFN2O5. The summed E-state index contributed by atoms with van der Waals surface area (Å²) in [6.45, 7) is 0. The van der Waals surface area contributed by atoms with Gasteiger partial charge >= 0.3 is 0 Å². The third-order valence-corrected chi connectivity index (χ3v) is 3.36. The van der Waals surface area contributed by atoms with E-state index in [1.54, 1.807) is 0 Å². The zero-order valence-electron chi connectivity index (χ0n) is 12.6. The summed E-state index contributed by atoms with van der Waals surface area (Å²) in [6.07, 6.45) is 0. The van der Waals surface area contributed by atoms with Gasteiger partial charge in [-0.15, -0.1) is 0 Å². The number of anilines is 1. The molecule has 0 heterocycles. The van der Waals surface area contributed by atoms with E-state index >= 15 is 0 Å². The van der Waals surface area contributed by atoms with Crippen molar-refractivity contribution in [3.05, 3.63) is 56.8 Å². The molecule has 126 valence electrons. The zero-order chi connectivity index (χ0) is 17.9. The molecule has 0 aliphatic carbocycles. The van der Waals surface area contributed by atoms with E-state index in [0.29, 0.717) is 0 Å². The Hall–Kier alpha value is -2.87. The average molecular weight is 355 g/mol. The lowest BCUT2D eigenvalue weighted by Gasteiger charge is -2.11. The number of nitrogens with one attached hydrogen (secondary N) is 1. The number of rotatable bonds is 5. The number of nitro groups is 1. The van der Waals surface area contributed by atoms with Gasteiger partial charge in [0.25, 0.3) is 11.6 Å². The zero-order valence-corrected chi connectivity index (χ0v) is 13.4. The van der Waals surface area contributed by atoms with E-state index in [2.05, 4.69) is 5.32 Å². The normalized spacial score (nSPS) is 10.2. The van der Waals surface area contributed by atoms with Crippen LogP contribution in [-0.2, 0) is 0 Å². The fourth-order valence-electron chi connectivity index (χ4n) is 1.98. The number of amides is 1. The van der Waals surface area contributed by atoms with Gasteiger partial charge in [-0.2, -0.15) is 0 Å². The predicted molar refractivity (Wildman–Crippen MR) is 85.6 cm³/mol. The van der Waals surface area contributed by atoms with E-state index in [9.17, 15) is 19.3 Å². The summed E-state index contributed by atoms with van der Waals surface area (Å²) in [5.74, 6) is -1.41. The first-order valence-corrected chi connectivity index (χ1v) is 6.92. The Morgan fingerprint density at radius 1 is 1.21 bits per heavy atom. The van der Waals surface area contributed by atoms with Crippen molar-refractivity contribution >= 4 is 28.9 Å². The number of carbonyl (C=O) groups excluding carboxylic acids is 1. The number of nitrogens with zero attached hydrogens (tertiary/aromatic N) is 1. The summed E-state index contributed by atoms with van der Waals surface area (Å²) in [7, 11) is 2.63. The molecule has 0 aliphatic rings. The van der Waals surface area contributed by atoms with Crippen LogP contribution in [0.15, 0.2) is 30.3 Å². The van der Waals surface area contributed by atoms with Crippen molar-refractivity contribution in [1.29, 1.82) is 0 Å². The summed E-state index contributed by atoms with van der Waals surface area (Å²) in [4.78, 5) is 22.8. The van der Waals surface area contributed by atoms with E-state index < -0.39 is 22.3 Å². The van der Waals surface area contributed by atoms with Crippen LogP contribution in [0, 0.1) is 15.9 Å². The smallest absolute Gasteiger partial charge is 0.286 e. The van der Waals surface area contributed by atoms with E-state index in [0.717, 1.165) is 18.2 Å². The number of hydrogen-bond acceptors (Lipinski definition) is 5. The van der Waals surface area contributed by atoms with E-state index in [-0.39, 0.29) is 27.8 Å². The van der Waals surface area contributed by atoms with Gasteiger partial charge in [-0.3, -0.25) is 14.9 Å². The highest BCUT2D eigenvalue weighted by Crippen LogP contribution is 2.35. The highest BCUT2D eigenvalue weighted by Gasteiger charge is 2.25. The number of benzene rings is 2. The second-order valence-electron chi connectivity index (χ2n) is 4.56. The Labute approximate surface area is 141 Å². The maximum atomic E-state index is 13.8. The molecule has 0 saturated carbocycles. The summed E-state index contributed by atoms with van der Waals surface area (Å²) in [6, 6.07) is 5.86. The monoisotopic (exact) mass is 354 g/mol. The molecule has 24 heavy (non-hydrogen) atoms. The maximum Gasteiger partial charge on any atom is 0.286 e. The molecule has 2 aromatic rings. The van der Waals surface area contributed by atoms with E-state index in [4.69, 9.17) is 21.1 Å². The lowest BCUT2D eigenvalue weighted by molar-refractivity contribution is -0.385. The van der Waals surface area contributed by atoms with Crippen molar-refractivity contribution in [1.82, 2.24) is 0 Å². The van der Waals surface area contributed by atoms with E-state index in [1.807, 2.05) is 0 Å². The second kappa shape index (κ2) is 7.14. The van der Waals surface area contributed by atoms with Crippen LogP contribution in [0.25, 0.3) is 0 Å². The van der Waals surface area contributed by atoms with Crippen LogP contribution < -0.4 is 14.8 Å². The minimum Gasteiger partial charge on any atom is -0.493 e. The molecule has 2 rings (SSSR count). The summed E-state index contributed by atoms with van der Waals surface area (Å²) >= 11 is 5.64. The van der Waals surface area contributed by atoms with Gasteiger partial charge in [0, 0.05) is 11.1 Å². The summed E-state index contributed by atoms with van der Waals surface area (Å²) in [5, 5.41) is 13.6. The van der Waals surface area contributed by atoms with Gasteiger partial charge in [-0.25, -0.2) is 4.39 Å². The molecular weight excluding hydrogens is 343 g/mol. The number of hydrogen-bond donors (Lipinski definition) is 1. The quantitative estimate of drug-likeness (QED) is 0.653. The molecule has 0 radical (unpaired) electrons. The highest BCUT2D eigenvalue weighted by atomic mass is 35.5. The SMILES string of the molecule is COc1cc(C(=O)Nc2ccc(Cl)cc2F)c([N+](=O)[O-])cc1OC. The molecule has 0 aliphatic heterocycles. The van der Waals surface area contributed by atoms with Crippen LogP contribution in [0.1, 0.15) is 10.4 Å². The molecule has 0 saturated heterocycles. The number of carbonyl (C=O) groups is 1. The lowest BCUT2D eigenvalue weighted by Crippen LogP contribution is -2.15. The Bertz CT molecular complexity index is 813. The molecule has 0 unspecified atom stereocenters. The number of methoxy groups -OCH3 is 2. The summed E-state index contributed by atoms with van der Waals surface area (Å²) in [5.41, 5.74) is -0.958. The largest absolute Gasteiger partial charge is 0.493 e. The second-order valence-corrected chi connectivity index (χ2v) is 5.00. The van der Waals surface area contributed by atoms with Gasteiger partial charge in [0.2, 0.25) is 0 Å². The molecule has 0 aromatic heterocycles. The van der Waals surface area contributed by atoms with Crippen LogP contribution in [-0.4, -0.2) is 25.1 Å². The molecule has 7 nitrogen and oxygen atoms in total. The fraction of sp³-hybridized carbons (Fsp3) is 0.133. The van der Waals surface area contributed by atoms with Gasteiger partial charge in [-0.05, 0) is 18.2 Å². The van der Waals surface area contributed by atoms with Crippen LogP contribution in [0.4, 0.5) is 15.8 Å². The van der Waals surface area contributed by atoms with Crippen LogP contribution in [0.2, 0.25) is 5.02 Å². The Morgan fingerprint density at radius 2 is 1.83 bits per heavy atom. The van der Waals surface area contributed by atoms with Crippen LogP contribution in [0.3, 0.4) is 0 Å². The topological polar surface area (TPSA) is 90.7 Å². The minimum atomic E-state index is -0.871. The van der Waals surface area contributed by atoms with Gasteiger partial charge in [0.1, 0.15) is 11.4 Å². The van der Waals surface area contributed by atoms with Crippen molar-refractivity contribution in [2.24, 2.45) is 0 Å². The van der Waals surface area contributed by atoms with Gasteiger partial charge < -0.3 is 14.8 Å². The molecule has 1 amide bonds. The van der Waals surface area contributed by atoms with E-state index in [1.165, 1.54) is 26.4 Å². The summed E-state index contributed by atoms with van der Waals surface area (Å²) < 4.78 is 23.8. The van der Waals surface area contributed by atoms with Crippen LogP contribution in [0.5, 0.6) is 11.5 Å². The Morgan fingerprint density at radius 3 is 2.38 bits per heavy atom. The first-order chi connectivity index (χ1) is 11.4. The highest BCUT2D eigenvalue weighted by molar-refractivity contribution is 6.30. The molecule has 2 aromatic carbocycles. The molecule has 0 fully saturated rings. The molecule has 9 heteroatoms. The predicted octanol–water partition coefficient (Wildman–Crippen LogP) is 3.66. The van der Waals surface area contributed by atoms with Crippen molar-refractivity contribution < 1.29 is 23.6 Å². The average Bonchev–Trinajstić information content (AvgIpc) is 2.55. The van der Waals surface area contributed by atoms with Crippen molar-refractivity contribution in [3.8, 4) is 11.5 Å². The number of ether oxygens (including phenoxy) is 2. The first-order valence-electron chi connectivity index (χ1n) is 6.54. The van der Waals surface area contributed by atoms with Gasteiger partial charge in [-0.1, -0.05) is 11.6 Å². The maximum absolute atomic E-state index is 13.8. The standard InChI is InChI=1S/C15H12ClFN2O5/c1-23-13-6-9(12(19(21)22)7-14(13)24-2)15(20)18-11-4-3-8(16)5-10(11)17/h3-7H,1-2H3,(H,18,20). The number of halogens is 2. The molecule has 1 N–H and O–H groups in total. The molecule has 0 atom stereocenters. The molecule has 0 spiro atoms. The lowest BCUT2D eigenvalue weighted by atomic mass is 10.1. The Kier molecular flexibility index (Phi) is 5.20. The first kappa shape index (κ1) is 17.5. The van der Waals surface area contributed by atoms with Gasteiger partial charge in [0.15, 0.2) is 11.5 Å². The van der Waals surface area contributed by atoms with Crippen molar-refractivity contribution in [3.63, 3.8) is 0 Å². The molecule has 0 bridgehead atoms. The number of nitro benzene ring substituents is 1. The van der Waals surface area contributed by atoms with Crippen LogP contribution >= 0.6 is 11.6 Å². The van der Waals surface area contributed by atoms with Gasteiger partial charge in [0.05, 0.1) is 30.9 Å². The van der Waals surface area contributed by atoms with Crippen molar-refractivity contribution in [2.45, 2.75) is 0 Å². The Balaban J connectivity index is 2.45. The fourth-order valence-corrected chi connectivity index (χ4v) is 2.14. The van der Waals surface area contributed by atoms with Crippen molar-refractivity contribution in [2.75, 3.05) is 19.5 Å².